The van der Waals surface area contributed by atoms with Gasteiger partial charge in [0.15, 0.2) is 5.65 Å². The van der Waals surface area contributed by atoms with Crippen molar-refractivity contribution in [3.8, 4) is 0 Å². The largest absolute Gasteiger partial charge is 0.338 e. The van der Waals surface area contributed by atoms with Crippen LogP contribution in [0.1, 0.15) is 61.2 Å². The average Bonchev–Trinajstić information content (AvgIpc) is 3.23. The van der Waals surface area contributed by atoms with Crippen LogP contribution in [-0.4, -0.2) is 43.4 Å². The Hall–Kier alpha value is -3.00. The molecule has 7 nitrogen and oxygen atoms in total. The minimum Gasteiger partial charge on any atom is -0.338 e. The predicted octanol–water partition coefficient (Wildman–Crippen LogP) is 3.18. The van der Waals surface area contributed by atoms with E-state index in [1.165, 1.54) is 10.6 Å². The number of H-pyrrole nitrogens is 1. The zero-order valence-electron chi connectivity index (χ0n) is 18.3. The van der Waals surface area contributed by atoms with Crippen LogP contribution in [0.2, 0.25) is 0 Å². The molecule has 4 heterocycles. The summed E-state index contributed by atoms with van der Waals surface area (Å²) >= 11 is 0. The van der Waals surface area contributed by atoms with Crippen molar-refractivity contribution < 1.29 is 9.18 Å². The van der Waals surface area contributed by atoms with Crippen molar-refractivity contribution in [1.29, 1.82) is 0 Å². The Labute approximate surface area is 185 Å². The van der Waals surface area contributed by atoms with Crippen molar-refractivity contribution >= 4 is 11.6 Å². The van der Waals surface area contributed by atoms with Crippen LogP contribution in [-0.2, 0) is 24.3 Å². The van der Waals surface area contributed by atoms with E-state index in [2.05, 4.69) is 10.00 Å². The molecule has 1 amide bonds. The first-order valence-electron chi connectivity index (χ1n) is 11.4. The third-order valence-electron chi connectivity index (χ3n) is 6.68. The van der Waals surface area contributed by atoms with Crippen molar-refractivity contribution in [1.82, 2.24) is 24.4 Å². The highest BCUT2D eigenvalue weighted by molar-refractivity contribution is 5.76. The van der Waals surface area contributed by atoms with Gasteiger partial charge in [0.05, 0.1) is 29.5 Å². The smallest absolute Gasteiger partial charge is 0.277 e. The van der Waals surface area contributed by atoms with Crippen molar-refractivity contribution in [2.45, 2.75) is 58.2 Å². The molecule has 1 unspecified atom stereocenters. The summed E-state index contributed by atoms with van der Waals surface area (Å²) in [5, 5.41) is 3.29. The Bertz CT molecular complexity index is 1220. The minimum absolute atomic E-state index is 0.0579. The molecule has 168 valence electrons. The second-order valence-corrected chi connectivity index (χ2v) is 8.78. The topological polar surface area (TPSA) is 73.7 Å². The second-order valence-electron chi connectivity index (χ2n) is 8.78. The molecule has 2 aliphatic heterocycles. The number of amides is 1. The van der Waals surface area contributed by atoms with Crippen molar-refractivity contribution in [2.75, 3.05) is 13.1 Å². The van der Waals surface area contributed by atoms with Crippen molar-refractivity contribution in [3.63, 3.8) is 0 Å². The highest BCUT2D eigenvalue weighted by Crippen LogP contribution is 2.32. The molecule has 0 spiro atoms. The summed E-state index contributed by atoms with van der Waals surface area (Å²) in [5.74, 6) is -0.166. The van der Waals surface area contributed by atoms with Gasteiger partial charge in [0.1, 0.15) is 5.82 Å². The quantitative estimate of drug-likeness (QED) is 0.680. The summed E-state index contributed by atoms with van der Waals surface area (Å²) < 4.78 is 15.2. The highest BCUT2D eigenvalue weighted by Gasteiger charge is 2.28. The number of hydrogen-bond acceptors (Lipinski definition) is 4. The number of aromatic amines is 1. The van der Waals surface area contributed by atoms with E-state index >= 15 is 0 Å². The molecule has 1 fully saturated rings. The summed E-state index contributed by atoms with van der Waals surface area (Å²) in [7, 11) is 0. The molecule has 1 atom stereocenters. The lowest BCUT2D eigenvalue weighted by Gasteiger charge is -2.35. The van der Waals surface area contributed by atoms with Gasteiger partial charge in [-0.15, -0.1) is 0 Å². The van der Waals surface area contributed by atoms with Gasteiger partial charge < -0.3 is 4.90 Å². The van der Waals surface area contributed by atoms with E-state index in [9.17, 15) is 14.0 Å². The number of likely N-dealkylation sites (tertiary alicyclic amines) is 1. The summed E-state index contributed by atoms with van der Waals surface area (Å²) in [4.78, 5) is 34.2. The standard InChI is InChI=1S/C24H28FN5O2/c1-2-23(31)29-11-9-19-18(15-29)24(32)30-22(26-19)13-20(27-30)21-8-3-4-10-28(21)14-16-6-5-7-17(25)12-16/h5-7,12-13,21,27H,2-4,8-11,14-15H2,1H3. The van der Waals surface area contributed by atoms with Gasteiger partial charge in [0.2, 0.25) is 5.91 Å². The molecule has 0 radical (unpaired) electrons. The first-order valence-corrected chi connectivity index (χ1v) is 11.4. The van der Waals surface area contributed by atoms with E-state index < -0.39 is 0 Å². The molecule has 5 rings (SSSR count). The van der Waals surface area contributed by atoms with Crippen LogP contribution in [0.5, 0.6) is 0 Å². The van der Waals surface area contributed by atoms with E-state index in [4.69, 9.17) is 4.98 Å². The van der Waals surface area contributed by atoms with Crippen LogP contribution >= 0.6 is 0 Å². The van der Waals surface area contributed by atoms with Crippen molar-refractivity contribution in [2.24, 2.45) is 0 Å². The molecule has 1 N–H and O–H groups in total. The van der Waals surface area contributed by atoms with Gasteiger partial charge >= 0.3 is 0 Å². The van der Waals surface area contributed by atoms with Crippen LogP contribution in [0.4, 0.5) is 4.39 Å². The first kappa shape index (κ1) is 20.9. The van der Waals surface area contributed by atoms with E-state index in [-0.39, 0.29) is 23.3 Å². The minimum atomic E-state index is -0.224. The molecule has 2 aliphatic rings. The van der Waals surface area contributed by atoms with Crippen LogP contribution in [0.3, 0.4) is 0 Å². The van der Waals surface area contributed by atoms with Gasteiger partial charge in [0, 0.05) is 32.0 Å². The fourth-order valence-corrected chi connectivity index (χ4v) is 5.01. The number of carbonyl (C=O) groups is 1. The normalized spacial score (nSPS) is 19.3. The first-order chi connectivity index (χ1) is 15.5. The lowest BCUT2D eigenvalue weighted by molar-refractivity contribution is -0.131. The number of halogens is 1. The number of nitrogens with one attached hydrogen (secondary N) is 1. The number of hydrogen-bond donors (Lipinski definition) is 1. The van der Waals surface area contributed by atoms with E-state index in [1.54, 1.807) is 17.0 Å². The maximum absolute atomic E-state index is 13.7. The molecular weight excluding hydrogens is 409 g/mol. The molecular formula is C24H28FN5O2. The molecule has 2 aromatic heterocycles. The molecule has 0 saturated carbocycles. The Kier molecular flexibility index (Phi) is 5.55. The van der Waals surface area contributed by atoms with Crippen LogP contribution in [0.15, 0.2) is 35.1 Å². The maximum Gasteiger partial charge on any atom is 0.277 e. The SMILES string of the molecule is CCC(=O)N1CCc2nc3cc(C4CCCCN4Cc4cccc(F)c4)[nH]n3c(=O)c2C1. The Morgan fingerprint density at radius 2 is 2.12 bits per heavy atom. The third kappa shape index (κ3) is 3.83. The molecule has 3 aromatic rings. The van der Waals surface area contributed by atoms with Crippen LogP contribution in [0, 0.1) is 5.82 Å². The molecule has 0 aliphatic carbocycles. The Morgan fingerprint density at radius 1 is 1.25 bits per heavy atom. The van der Waals surface area contributed by atoms with Gasteiger partial charge in [-0.05, 0) is 37.1 Å². The number of aromatic nitrogens is 3. The molecule has 1 aromatic carbocycles. The number of fused-ring (bicyclic) bond motifs is 2. The van der Waals surface area contributed by atoms with E-state index in [1.807, 2.05) is 19.1 Å². The monoisotopic (exact) mass is 437 g/mol. The number of benzene rings is 1. The fourth-order valence-electron chi connectivity index (χ4n) is 5.01. The third-order valence-corrected chi connectivity index (χ3v) is 6.68. The summed E-state index contributed by atoms with van der Waals surface area (Å²) in [6.07, 6.45) is 4.20. The number of carbonyl (C=O) groups excluding carboxylic acids is 1. The summed E-state index contributed by atoms with van der Waals surface area (Å²) in [6, 6.07) is 8.82. The van der Waals surface area contributed by atoms with E-state index in [0.29, 0.717) is 43.7 Å². The lowest BCUT2D eigenvalue weighted by atomic mass is 9.98. The zero-order chi connectivity index (χ0) is 22.2. The molecule has 0 bridgehead atoms. The van der Waals surface area contributed by atoms with Crippen LogP contribution in [0.25, 0.3) is 5.65 Å². The highest BCUT2D eigenvalue weighted by atomic mass is 19.1. The van der Waals surface area contributed by atoms with Gasteiger partial charge in [-0.2, -0.15) is 0 Å². The predicted molar refractivity (Wildman–Crippen MR) is 119 cm³/mol. The fraction of sp³-hybridized carbons (Fsp3) is 0.458. The molecule has 1 saturated heterocycles. The zero-order valence-corrected chi connectivity index (χ0v) is 18.3. The van der Waals surface area contributed by atoms with Gasteiger partial charge in [-0.25, -0.2) is 13.9 Å². The average molecular weight is 438 g/mol. The molecule has 8 heteroatoms. The molecule has 32 heavy (non-hydrogen) atoms. The number of rotatable bonds is 4. The van der Waals surface area contributed by atoms with Crippen molar-refractivity contribution in [3.05, 3.63) is 69.0 Å². The Balaban J connectivity index is 1.47. The summed E-state index contributed by atoms with van der Waals surface area (Å²) in [6.45, 7) is 4.33. The van der Waals surface area contributed by atoms with Gasteiger partial charge in [-0.1, -0.05) is 25.5 Å². The maximum atomic E-state index is 13.7. The van der Waals surface area contributed by atoms with Gasteiger partial charge in [0.25, 0.3) is 5.56 Å². The van der Waals surface area contributed by atoms with Crippen LogP contribution < -0.4 is 5.56 Å². The summed E-state index contributed by atoms with van der Waals surface area (Å²) in [5.41, 5.74) is 3.78. The Morgan fingerprint density at radius 3 is 2.94 bits per heavy atom. The van der Waals surface area contributed by atoms with Gasteiger partial charge in [-0.3, -0.25) is 19.6 Å². The second kappa shape index (κ2) is 8.50. The lowest BCUT2D eigenvalue weighted by Crippen LogP contribution is -2.40. The number of piperidine rings is 1. The number of nitrogens with zero attached hydrogens (tertiary/aromatic N) is 4. The van der Waals surface area contributed by atoms with E-state index in [0.717, 1.165) is 42.8 Å².